The molecule has 0 spiro atoms. The Bertz CT molecular complexity index is 345. The quantitative estimate of drug-likeness (QED) is 0.920. The molecule has 2 rings (SSSR count). The van der Waals surface area contributed by atoms with E-state index in [1.807, 2.05) is 24.3 Å². The van der Waals surface area contributed by atoms with Gasteiger partial charge in [-0.3, -0.25) is 4.90 Å². The zero-order valence-corrected chi connectivity index (χ0v) is 11.9. The van der Waals surface area contributed by atoms with E-state index in [0.717, 1.165) is 36.2 Å². The lowest BCUT2D eigenvalue weighted by molar-refractivity contribution is 0.147. The average Bonchev–Trinajstić information content (AvgIpc) is 2.34. The van der Waals surface area contributed by atoms with Gasteiger partial charge in [0.1, 0.15) is 6.67 Å². The second-order valence-corrected chi connectivity index (χ2v) is 4.83. The van der Waals surface area contributed by atoms with Gasteiger partial charge in [0.25, 0.3) is 0 Å². The minimum atomic E-state index is -0.331. The lowest BCUT2D eigenvalue weighted by atomic mass is 10.1. The number of benzene rings is 1. The maximum atomic E-state index is 13.2. The van der Waals surface area contributed by atoms with E-state index in [2.05, 4.69) is 26.1 Å². The molecule has 0 radical (unpaired) electrons. The zero-order valence-electron chi connectivity index (χ0n) is 9.53. The molecule has 1 N–H and O–H groups in total. The Labute approximate surface area is 116 Å². The van der Waals surface area contributed by atoms with Crippen LogP contribution in [0.1, 0.15) is 11.6 Å². The molecule has 1 heterocycles. The summed E-state index contributed by atoms with van der Waals surface area (Å²) in [6, 6.07) is 7.78. The highest BCUT2D eigenvalue weighted by Crippen LogP contribution is 2.28. The average molecular weight is 324 g/mol. The van der Waals surface area contributed by atoms with Gasteiger partial charge in [-0.15, -0.1) is 12.4 Å². The van der Waals surface area contributed by atoms with Crippen molar-refractivity contribution in [1.82, 2.24) is 10.2 Å². The van der Waals surface area contributed by atoms with E-state index in [9.17, 15) is 4.39 Å². The first-order valence-corrected chi connectivity index (χ1v) is 6.37. The van der Waals surface area contributed by atoms with Crippen LogP contribution in [0.25, 0.3) is 0 Å². The van der Waals surface area contributed by atoms with Crippen molar-refractivity contribution in [3.63, 3.8) is 0 Å². The van der Waals surface area contributed by atoms with Crippen LogP contribution in [0.5, 0.6) is 0 Å². The lowest BCUT2D eigenvalue weighted by Crippen LogP contribution is -2.45. The molecule has 1 aliphatic heterocycles. The SMILES string of the molecule is Cl.FC[C@H](c1ccccc1Br)N1CCNCC1. The summed E-state index contributed by atoms with van der Waals surface area (Å²) < 4.78 is 14.2. The minimum absolute atomic E-state index is 0. The largest absolute Gasteiger partial charge is 0.314 e. The highest BCUT2D eigenvalue weighted by Gasteiger charge is 2.23. The van der Waals surface area contributed by atoms with Crippen LogP contribution in [0.4, 0.5) is 4.39 Å². The molecule has 2 nitrogen and oxygen atoms in total. The Balaban J connectivity index is 0.00000144. The van der Waals surface area contributed by atoms with E-state index in [4.69, 9.17) is 0 Å². The van der Waals surface area contributed by atoms with Gasteiger partial charge in [-0.1, -0.05) is 34.1 Å². The van der Waals surface area contributed by atoms with Gasteiger partial charge in [0.05, 0.1) is 6.04 Å². The smallest absolute Gasteiger partial charge is 0.109 e. The van der Waals surface area contributed by atoms with Crippen LogP contribution in [0.2, 0.25) is 0 Å². The number of halogens is 3. The van der Waals surface area contributed by atoms with Crippen LogP contribution in [0, 0.1) is 0 Å². The molecule has 0 bridgehead atoms. The Morgan fingerprint density at radius 2 is 1.94 bits per heavy atom. The summed E-state index contributed by atoms with van der Waals surface area (Å²) >= 11 is 3.50. The molecule has 1 aliphatic rings. The molecule has 0 unspecified atom stereocenters. The molecule has 1 fully saturated rings. The fraction of sp³-hybridized carbons (Fsp3) is 0.500. The molecular weight excluding hydrogens is 307 g/mol. The van der Waals surface area contributed by atoms with Crippen molar-refractivity contribution in [2.24, 2.45) is 0 Å². The maximum absolute atomic E-state index is 13.2. The molecule has 1 saturated heterocycles. The predicted molar refractivity (Wildman–Crippen MR) is 74.5 cm³/mol. The maximum Gasteiger partial charge on any atom is 0.109 e. The molecular formula is C12H17BrClFN2. The molecule has 0 aromatic heterocycles. The van der Waals surface area contributed by atoms with E-state index in [-0.39, 0.29) is 25.1 Å². The molecule has 96 valence electrons. The number of hydrogen-bond donors (Lipinski definition) is 1. The zero-order chi connectivity index (χ0) is 11.4. The van der Waals surface area contributed by atoms with Crippen molar-refractivity contribution in [3.05, 3.63) is 34.3 Å². The van der Waals surface area contributed by atoms with Crippen molar-refractivity contribution in [3.8, 4) is 0 Å². The number of hydrogen-bond acceptors (Lipinski definition) is 2. The summed E-state index contributed by atoms with van der Waals surface area (Å²) in [5.74, 6) is 0. The van der Waals surface area contributed by atoms with Crippen LogP contribution in [-0.4, -0.2) is 37.8 Å². The topological polar surface area (TPSA) is 15.3 Å². The lowest BCUT2D eigenvalue weighted by Gasteiger charge is -2.34. The van der Waals surface area contributed by atoms with Crippen LogP contribution < -0.4 is 5.32 Å². The second-order valence-electron chi connectivity index (χ2n) is 3.98. The predicted octanol–water partition coefficient (Wildman–Crippen LogP) is 2.79. The fourth-order valence-corrected chi connectivity index (χ4v) is 2.67. The second kappa shape index (κ2) is 7.31. The summed E-state index contributed by atoms with van der Waals surface area (Å²) in [4.78, 5) is 2.20. The van der Waals surface area contributed by atoms with Crippen molar-refractivity contribution < 1.29 is 4.39 Å². The van der Waals surface area contributed by atoms with Crippen molar-refractivity contribution in [2.75, 3.05) is 32.9 Å². The third-order valence-corrected chi connectivity index (χ3v) is 3.72. The molecule has 1 aromatic carbocycles. The van der Waals surface area contributed by atoms with E-state index >= 15 is 0 Å². The van der Waals surface area contributed by atoms with Gasteiger partial charge >= 0.3 is 0 Å². The van der Waals surface area contributed by atoms with Gasteiger partial charge in [0.2, 0.25) is 0 Å². The van der Waals surface area contributed by atoms with Crippen LogP contribution in [0.3, 0.4) is 0 Å². The van der Waals surface area contributed by atoms with Gasteiger partial charge in [-0.2, -0.15) is 0 Å². The Kier molecular flexibility index (Phi) is 6.41. The standard InChI is InChI=1S/C12H16BrFN2.ClH/c13-11-4-2-1-3-10(11)12(9-14)16-7-5-15-6-8-16;/h1-4,12,15H,5-9H2;1H/t12-;/m1./s1. The normalized spacial score (nSPS) is 18.5. The minimum Gasteiger partial charge on any atom is -0.314 e. The van der Waals surface area contributed by atoms with Gasteiger partial charge in [0.15, 0.2) is 0 Å². The number of rotatable bonds is 3. The Morgan fingerprint density at radius 3 is 2.53 bits per heavy atom. The number of alkyl halides is 1. The fourth-order valence-electron chi connectivity index (χ4n) is 2.12. The van der Waals surface area contributed by atoms with Gasteiger partial charge in [0, 0.05) is 30.7 Å². The highest BCUT2D eigenvalue weighted by molar-refractivity contribution is 9.10. The highest BCUT2D eigenvalue weighted by atomic mass is 79.9. The van der Waals surface area contributed by atoms with Crippen LogP contribution in [-0.2, 0) is 0 Å². The molecule has 0 aliphatic carbocycles. The molecule has 5 heteroatoms. The summed E-state index contributed by atoms with van der Waals surface area (Å²) in [5.41, 5.74) is 1.05. The summed E-state index contributed by atoms with van der Waals surface area (Å²) in [7, 11) is 0. The van der Waals surface area contributed by atoms with Crippen molar-refractivity contribution in [1.29, 1.82) is 0 Å². The van der Waals surface area contributed by atoms with Gasteiger partial charge in [-0.25, -0.2) is 4.39 Å². The first kappa shape index (κ1) is 14.9. The molecule has 0 saturated carbocycles. The van der Waals surface area contributed by atoms with Crippen molar-refractivity contribution in [2.45, 2.75) is 6.04 Å². The van der Waals surface area contributed by atoms with E-state index in [0.29, 0.717) is 0 Å². The first-order chi connectivity index (χ1) is 7.83. The number of nitrogens with zero attached hydrogens (tertiary/aromatic N) is 1. The third kappa shape index (κ3) is 3.65. The summed E-state index contributed by atoms with van der Waals surface area (Å²) in [6.07, 6.45) is 0. The molecule has 17 heavy (non-hydrogen) atoms. The summed E-state index contributed by atoms with van der Waals surface area (Å²) in [6.45, 7) is 3.39. The Morgan fingerprint density at radius 1 is 1.29 bits per heavy atom. The van der Waals surface area contributed by atoms with Crippen LogP contribution in [0.15, 0.2) is 28.7 Å². The molecule has 1 atom stereocenters. The summed E-state index contributed by atoms with van der Waals surface area (Å²) in [5, 5.41) is 3.28. The third-order valence-electron chi connectivity index (χ3n) is 3.00. The van der Waals surface area contributed by atoms with Gasteiger partial charge < -0.3 is 5.32 Å². The van der Waals surface area contributed by atoms with E-state index < -0.39 is 0 Å². The molecule has 1 aromatic rings. The van der Waals surface area contributed by atoms with Crippen molar-refractivity contribution >= 4 is 28.3 Å². The monoisotopic (exact) mass is 322 g/mol. The first-order valence-electron chi connectivity index (χ1n) is 5.58. The van der Waals surface area contributed by atoms with Gasteiger partial charge in [-0.05, 0) is 11.6 Å². The number of piperazine rings is 1. The Hall–Kier alpha value is -0.160. The molecule has 0 amide bonds. The van der Waals surface area contributed by atoms with E-state index in [1.54, 1.807) is 0 Å². The van der Waals surface area contributed by atoms with E-state index in [1.165, 1.54) is 0 Å². The van der Waals surface area contributed by atoms with Crippen LogP contribution >= 0.6 is 28.3 Å². The number of nitrogens with one attached hydrogen (secondary N) is 1.